The van der Waals surface area contributed by atoms with Crippen LogP contribution in [-0.4, -0.2) is 22.1 Å². The Kier molecular flexibility index (Phi) is 6.94. The van der Waals surface area contributed by atoms with Crippen LogP contribution in [0, 0.1) is 6.92 Å². The second-order valence-corrected chi connectivity index (χ2v) is 4.75. The molecule has 0 spiro atoms. The highest BCUT2D eigenvalue weighted by Crippen LogP contribution is 2.06. The van der Waals surface area contributed by atoms with Crippen LogP contribution in [0.2, 0.25) is 0 Å². The molecule has 0 amide bonds. The van der Waals surface area contributed by atoms with E-state index in [1.165, 1.54) is 32.1 Å². The summed E-state index contributed by atoms with van der Waals surface area (Å²) >= 11 is 0. The van der Waals surface area contributed by atoms with E-state index in [1.807, 2.05) is 6.20 Å². The minimum absolute atomic E-state index is 0.698. The van der Waals surface area contributed by atoms with Crippen molar-refractivity contribution in [2.75, 3.05) is 6.54 Å². The molecule has 0 saturated carbocycles. The molecule has 0 saturated heterocycles. The van der Waals surface area contributed by atoms with Crippen LogP contribution in [0.1, 0.15) is 51.8 Å². The fourth-order valence-electron chi connectivity index (χ4n) is 2.18. The second kappa shape index (κ2) is 8.29. The Morgan fingerprint density at radius 1 is 1.29 bits per heavy atom. The lowest BCUT2D eigenvalue weighted by Crippen LogP contribution is -2.31. The molecule has 0 fully saturated rings. The minimum atomic E-state index is 0.698. The first-order valence-corrected chi connectivity index (χ1v) is 6.99. The smallest absolute Gasteiger partial charge is 0.105 e. The third-order valence-electron chi connectivity index (χ3n) is 3.25. The zero-order valence-corrected chi connectivity index (χ0v) is 11.6. The Bertz CT molecular complexity index is 293. The lowest BCUT2D eigenvalue weighted by atomic mass is 10.1. The van der Waals surface area contributed by atoms with Gasteiger partial charge < -0.3 is 9.88 Å². The van der Waals surface area contributed by atoms with Gasteiger partial charge in [0.2, 0.25) is 0 Å². The van der Waals surface area contributed by atoms with Gasteiger partial charge >= 0.3 is 0 Å². The Morgan fingerprint density at radius 3 is 2.71 bits per heavy atom. The van der Waals surface area contributed by atoms with Crippen LogP contribution in [0.4, 0.5) is 0 Å². The maximum absolute atomic E-state index is 4.24. The highest BCUT2D eigenvalue weighted by atomic mass is 15.1. The van der Waals surface area contributed by atoms with Crippen LogP contribution in [0.15, 0.2) is 12.4 Å². The highest BCUT2D eigenvalue weighted by molar-refractivity contribution is 4.88. The fourth-order valence-corrected chi connectivity index (χ4v) is 2.18. The predicted molar refractivity (Wildman–Crippen MR) is 73.2 cm³/mol. The Labute approximate surface area is 106 Å². The normalized spacial score (nSPS) is 12.9. The van der Waals surface area contributed by atoms with Gasteiger partial charge in [0.05, 0.1) is 0 Å². The largest absolute Gasteiger partial charge is 0.334 e. The summed E-state index contributed by atoms with van der Waals surface area (Å²) in [6, 6.07) is 0.698. The number of aryl methyl sites for hydroxylation is 1. The van der Waals surface area contributed by atoms with Gasteiger partial charge in [-0.25, -0.2) is 4.98 Å². The molecule has 0 aliphatic rings. The number of aromatic nitrogens is 2. The fraction of sp³-hybridized carbons (Fsp3) is 0.786. The number of hydrogen-bond acceptors (Lipinski definition) is 2. The van der Waals surface area contributed by atoms with Crippen molar-refractivity contribution >= 4 is 0 Å². The maximum atomic E-state index is 4.24. The van der Waals surface area contributed by atoms with Crippen LogP contribution in [0.25, 0.3) is 0 Å². The lowest BCUT2D eigenvalue weighted by molar-refractivity contribution is 0.423. The van der Waals surface area contributed by atoms with Crippen LogP contribution >= 0.6 is 0 Å². The molecular formula is C14H27N3. The van der Waals surface area contributed by atoms with E-state index in [0.29, 0.717) is 6.04 Å². The van der Waals surface area contributed by atoms with Gasteiger partial charge in [0.15, 0.2) is 0 Å². The summed E-state index contributed by atoms with van der Waals surface area (Å²) in [5.41, 5.74) is 0. The first kappa shape index (κ1) is 14.2. The summed E-state index contributed by atoms with van der Waals surface area (Å²) in [5.74, 6) is 1.10. The van der Waals surface area contributed by atoms with Crippen LogP contribution in [-0.2, 0) is 6.54 Å². The Balaban J connectivity index is 2.24. The molecule has 1 atom stereocenters. The van der Waals surface area contributed by atoms with Crippen molar-refractivity contribution in [3.8, 4) is 0 Å². The van der Waals surface area contributed by atoms with Crippen molar-refractivity contribution < 1.29 is 0 Å². The summed E-state index contributed by atoms with van der Waals surface area (Å²) in [5, 5.41) is 3.67. The second-order valence-electron chi connectivity index (χ2n) is 4.75. The van der Waals surface area contributed by atoms with Crippen molar-refractivity contribution in [2.24, 2.45) is 0 Å². The van der Waals surface area contributed by atoms with E-state index >= 15 is 0 Å². The zero-order chi connectivity index (χ0) is 12.5. The van der Waals surface area contributed by atoms with Gasteiger partial charge in [-0.05, 0) is 19.8 Å². The Morgan fingerprint density at radius 2 is 2.12 bits per heavy atom. The van der Waals surface area contributed by atoms with Crippen LogP contribution < -0.4 is 5.32 Å². The topological polar surface area (TPSA) is 29.9 Å². The van der Waals surface area contributed by atoms with Gasteiger partial charge in [-0.15, -0.1) is 0 Å². The summed E-state index contributed by atoms with van der Waals surface area (Å²) in [6.45, 7) is 8.66. The van der Waals surface area contributed by atoms with Crippen molar-refractivity contribution in [1.82, 2.24) is 14.9 Å². The summed E-state index contributed by atoms with van der Waals surface area (Å²) in [6.07, 6.45) is 10.4. The minimum Gasteiger partial charge on any atom is -0.334 e. The molecule has 1 rings (SSSR count). The van der Waals surface area contributed by atoms with Gasteiger partial charge in [-0.2, -0.15) is 0 Å². The van der Waals surface area contributed by atoms with E-state index in [9.17, 15) is 0 Å². The molecule has 1 unspecified atom stereocenters. The predicted octanol–water partition coefficient (Wildman–Crippen LogP) is 3.14. The monoisotopic (exact) mass is 237 g/mol. The van der Waals surface area contributed by atoms with Crippen molar-refractivity contribution in [3.63, 3.8) is 0 Å². The van der Waals surface area contributed by atoms with Crippen LogP contribution in [0.5, 0.6) is 0 Å². The molecule has 0 aliphatic carbocycles. The van der Waals surface area contributed by atoms with Gasteiger partial charge in [0.25, 0.3) is 0 Å². The lowest BCUT2D eigenvalue weighted by Gasteiger charge is -2.18. The van der Waals surface area contributed by atoms with E-state index in [2.05, 4.69) is 41.8 Å². The third kappa shape index (κ3) is 5.35. The van der Waals surface area contributed by atoms with Crippen molar-refractivity contribution in [3.05, 3.63) is 18.2 Å². The van der Waals surface area contributed by atoms with Gasteiger partial charge in [0.1, 0.15) is 5.82 Å². The number of rotatable bonds is 9. The number of hydrogen-bond donors (Lipinski definition) is 1. The molecule has 1 aromatic rings. The molecule has 1 N–H and O–H groups in total. The molecule has 1 aromatic heterocycles. The first-order chi connectivity index (χ1) is 8.27. The van der Waals surface area contributed by atoms with E-state index in [4.69, 9.17) is 0 Å². The molecule has 3 nitrogen and oxygen atoms in total. The number of nitrogens with zero attached hydrogens (tertiary/aromatic N) is 2. The standard InChI is InChI=1S/C14H27N3/c1-4-6-8-14(7-5-2)16-10-12-17-11-9-15-13(17)3/h9,11,14,16H,4-8,10,12H2,1-3H3. The van der Waals surface area contributed by atoms with Gasteiger partial charge in [-0.1, -0.05) is 33.1 Å². The first-order valence-electron chi connectivity index (χ1n) is 6.99. The van der Waals surface area contributed by atoms with Gasteiger partial charge in [-0.3, -0.25) is 0 Å². The maximum Gasteiger partial charge on any atom is 0.105 e. The van der Waals surface area contributed by atoms with E-state index < -0.39 is 0 Å². The molecule has 0 bridgehead atoms. The number of imidazole rings is 1. The molecule has 0 aromatic carbocycles. The quantitative estimate of drug-likeness (QED) is 0.715. The van der Waals surface area contributed by atoms with E-state index in [-0.39, 0.29) is 0 Å². The highest BCUT2D eigenvalue weighted by Gasteiger charge is 2.06. The zero-order valence-electron chi connectivity index (χ0n) is 11.6. The number of unbranched alkanes of at least 4 members (excludes halogenated alkanes) is 1. The SMILES string of the molecule is CCCCC(CCC)NCCn1ccnc1C. The molecule has 0 radical (unpaired) electrons. The van der Waals surface area contributed by atoms with Crippen molar-refractivity contribution in [1.29, 1.82) is 0 Å². The number of nitrogens with one attached hydrogen (secondary N) is 1. The average Bonchev–Trinajstić information content (AvgIpc) is 2.72. The van der Waals surface area contributed by atoms with Crippen LogP contribution in [0.3, 0.4) is 0 Å². The average molecular weight is 237 g/mol. The molecule has 17 heavy (non-hydrogen) atoms. The summed E-state index contributed by atoms with van der Waals surface area (Å²) in [7, 11) is 0. The van der Waals surface area contributed by atoms with E-state index in [0.717, 1.165) is 18.9 Å². The molecule has 3 heteroatoms. The summed E-state index contributed by atoms with van der Waals surface area (Å²) in [4.78, 5) is 4.24. The third-order valence-corrected chi connectivity index (χ3v) is 3.25. The van der Waals surface area contributed by atoms with E-state index in [1.54, 1.807) is 0 Å². The summed E-state index contributed by atoms with van der Waals surface area (Å²) < 4.78 is 2.20. The molecule has 1 heterocycles. The van der Waals surface area contributed by atoms with Gasteiger partial charge in [0, 0.05) is 31.5 Å². The van der Waals surface area contributed by atoms with Crippen molar-refractivity contribution in [2.45, 2.75) is 65.5 Å². The molecular weight excluding hydrogens is 210 g/mol. The molecule has 98 valence electrons. The molecule has 0 aliphatic heterocycles. The Hall–Kier alpha value is -0.830.